The number of anilines is 2. The Kier molecular flexibility index (Phi) is 3.87. The quantitative estimate of drug-likeness (QED) is 0.631. The third kappa shape index (κ3) is 3.33. The molecule has 19 heavy (non-hydrogen) atoms. The van der Waals surface area contributed by atoms with Gasteiger partial charge in [0.2, 0.25) is 0 Å². The highest BCUT2D eigenvalue weighted by atomic mass is 16.6. The molecule has 1 aliphatic carbocycles. The Bertz CT molecular complexity index is 478. The van der Waals surface area contributed by atoms with Crippen molar-refractivity contribution in [2.75, 3.05) is 30.4 Å². The molecule has 1 aromatic heterocycles. The van der Waals surface area contributed by atoms with E-state index in [1.54, 1.807) is 0 Å². The highest BCUT2D eigenvalue weighted by molar-refractivity contribution is 5.55. The molecule has 1 heterocycles. The lowest BCUT2D eigenvalue weighted by Crippen LogP contribution is -2.22. The number of nitrogens with one attached hydrogen (secondary N) is 1. The van der Waals surface area contributed by atoms with Crippen LogP contribution >= 0.6 is 0 Å². The van der Waals surface area contributed by atoms with Crippen LogP contribution in [0.3, 0.4) is 0 Å². The summed E-state index contributed by atoms with van der Waals surface area (Å²) >= 11 is 0. The summed E-state index contributed by atoms with van der Waals surface area (Å²) in [7, 11) is 1.94. The molecule has 1 aliphatic rings. The van der Waals surface area contributed by atoms with Crippen molar-refractivity contribution in [2.45, 2.75) is 20.3 Å². The molecule has 6 heteroatoms. The second kappa shape index (κ2) is 5.42. The average molecular weight is 264 g/mol. The summed E-state index contributed by atoms with van der Waals surface area (Å²) in [5, 5.41) is 14.0. The molecule has 1 saturated carbocycles. The number of aromatic nitrogens is 1. The van der Waals surface area contributed by atoms with Crippen LogP contribution in [0.4, 0.5) is 17.3 Å². The first-order chi connectivity index (χ1) is 9.01. The van der Waals surface area contributed by atoms with Gasteiger partial charge in [0.05, 0.1) is 17.1 Å². The van der Waals surface area contributed by atoms with E-state index in [2.05, 4.69) is 17.2 Å². The molecule has 0 spiro atoms. The Hall–Kier alpha value is -1.85. The molecule has 1 N–H and O–H groups in total. The summed E-state index contributed by atoms with van der Waals surface area (Å²) < 4.78 is 0. The maximum absolute atomic E-state index is 11.0. The average Bonchev–Trinajstić information content (AvgIpc) is 3.04. The molecular weight excluding hydrogens is 244 g/mol. The third-order valence-corrected chi connectivity index (χ3v) is 3.54. The lowest BCUT2D eigenvalue weighted by atomic mass is 10.3. The number of hydrogen-bond donors (Lipinski definition) is 1. The molecule has 0 bridgehead atoms. The monoisotopic (exact) mass is 264 g/mol. The molecule has 0 saturated heterocycles. The van der Waals surface area contributed by atoms with Crippen molar-refractivity contribution in [2.24, 2.45) is 11.8 Å². The van der Waals surface area contributed by atoms with Crippen molar-refractivity contribution in [1.82, 2.24) is 4.98 Å². The van der Waals surface area contributed by atoms with Gasteiger partial charge in [0, 0.05) is 20.1 Å². The minimum atomic E-state index is -0.375. The van der Waals surface area contributed by atoms with Crippen LogP contribution in [0.1, 0.15) is 20.3 Å². The largest absolute Gasteiger partial charge is 0.370 e. The summed E-state index contributed by atoms with van der Waals surface area (Å²) in [6.45, 7) is 5.76. The summed E-state index contributed by atoms with van der Waals surface area (Å²) in [5.74, 6) is 2.66. The molecule has 1 aromatic rings. The summed E-state index contributed by atoms with van der Waals surface area (Å²) in [6.07, 6.45) is 1.24. The van der Waals surface area contributed by atoms with Crippen molar-refractivity contribution >= 4 is 17.3 Å². The van der Waals surface area contributed by atoms with E-state index < -0.39 is 0 Å². The number of nitro groups is 1. The lowest BCUT2D eigenvalue weighted by Gasteiger charge is -2.18. The Morgan fingerprint density at radius 3 is 2.79 bits per heavy atom. The van der Waals surface area contributed by atoms with Gasteiger partial charge in [-0.2, -0.15) is 0 Å². The normalized spacial score (nSPS) is 21.0. The fourth-order valence-electron chi connectivity index (χ4n) is 2.17. The van der Waals surface area contributed by atoms with Crippen LogP contribution in [0.5, 0.6) is 0 Å². The zero-order valence-electron chi connectivity index (χ0n) is 11.6. The van der Waals surface area contributed by atoms with E-state index in [1.807, 2.05) is 18.9 Å². The van der Waals surface area contributed by atoms with Gasteiger partial charge in [0.1, 0.15) is 11.6 Å². The predicted molar refractivity (Wildman–Crippen MR) is 75.6 cm³/mol. The molecule has 0 amide bonds. The maximum Gasteiger partial charge on any atom is 0.276 e. The van der Waals surface area contributed by atoms with E-state index in [0.717, 1.165) is 12.5 Å². The van der Waals surface area contributed by atoms with Gasteiger partial charge in [-0.05, 0) is 25.2 Å². The van der Waals surface area contributed by atoms with Crippen molar-refractivity contribution in [3.05, 3.63) is 22.2 Å². The zero-order chi connectivity index (χ0) is 14.0. The molecule has 2 atom stereocenters. The van der Waals surface area contributed by atoms with Gasteiger partial charge < -0.3 is 10.2 Å². The van der Waals surface area contributed by atoms with Crippen LogP contribution < -0.4 is 10.2 Å². The summed E-state index contributed by atoms with van der Waals surface area (Å²) in [5.41, 5.74) is 0.0802. The standard InChI is InChI=1S/C13H20N4O2/c1-4-14-12-6-11(17(18)19)7-13(15-12)16(3)8-10-5-9(10)2/h6-7,9-10H,4-5,8H2,1-3H3,(H,14,15). The van der Waals surface area contributed by atoms with Gasteiger partial charge in [-0.3, -0.25) is 10.1 Å². The van der Waals surface area contributed by atoms with E-state index in [4.69, 9.17) is 0 Å². The molecule has 2 unspecified atom stereocenters. The smallest absolute Gasteiger partial charge is 0.276 e. The van der Waals surface area contributed by atoms with Gasteiger partial charge in [0.25, 0.3) is 5.69 Å². The van der Waals surface area contributed by atoms with Crippen LogP contribution in [-0.2, 0) is 0 Å². The van der Waals surface area contributed by atoms with Crippen molar-refractivity contribution in [3.63, 3.8) is 0 Å². The molecule has 1 fully saturated rings. The number of pyridine rings is 1. The first kappa shape index (κ1) is 13.6. The molecule has 2 rings (SSSR count). The molecule has 104 valence electrons. The van der Waals surface area contributed by atoms with Crippen LogP contribution in [0.25, 0.3) is 0 Å². The summed E-state index contributed by atoms with van der Waals surface area (Å²) in [4.78, 5) is 17.0. The van der Waals surface area contributed by atoms with Crippen LogP contribution in [0.2, 0.25) is 0 Å². The molecule has 6 nitrogen and oxygen atoms in total. The van der Waals surface area contributed by atoms with E-state index >= 15 is 0 Å². The zero-order valence-corrected chi connectivity index (χ0v) is 11.6. The van der Waals surface area contributed by atoms with Gasteiger partial charge >= 0.3 is 0 Å². The Balaban J connectivity index is 2.19. The first-order valence-electron chi connectivity index (χ1n) is 6.62. The molecule has 0 radical (unpaired) electrons. The van der Waals surface area contributed by atoms with Gasteiger partial charge in [-0.25, -0.2) is 4.98 Å². The van der Waals surface area contributed by atoms with Crippen molar-refractivity contribution in [1.29, 1.82) is 0 Å². The SMILES string of the molecule is CCNc1cc([N+](=O)[O-])cc(N(C)CC2CC2C)n1. The van der Waals surface area contributed by atoms with Crippen molar-refractivity contribution < 1.29 is 4.92 Å². The summed E-state index contributed by atoms with van der Waals surface area (Å²) in [6, 6.07) is 3.01. The predicted octanol–water partition coefficient (Wildman–Crippen LogP) is 2.51. The van der Waals surface area contributed by atoms with Crippen LogP contribution in [0.15, 0.2) is 12.1 Å². The van der Waals surface area contributed by atoms with E-state index in [9.17, 15) is 10.1 Å². The highest BCUT2D eigenvalue weighted by Crippen LogP contribution is 2.38. The van der Waals surface area contributed by atoms with Crippen molar-refractivity contribution in [3.8, 4) is 0 Å². The minimum absolute atomic E-state index is 0.0802. The Morgan fingerprint density at radius 1 is 1.58 bits per heavy atom. The van der Waals surface area contributed by atoms with Gasteiger partial charge in [-0.15, -0.1) is 0 Å². The first-order valence-corrected chi connectivity index (χ1v) is 6.62. The van der Waals surface area contributed by atoms with Gasteiger partial charge in [-0.1, -0.05) is 6.92 Å². The molecular formula is C13H20N4O2. The maximum atomic E-state index is 11.0. The lowest BCUT2D eigenvalue weighted by molar-refractivity contribution is -0.384. The number of rotatable bonds is 6. The fourth-order valence-corrected chi connectivity index (χ4v) is 2.17. The third-order valence-electron chi connectivity index (χ3n) is 3.54. The topological polar surface area (TPSA) is 71.3 Å². The molecule has 0 aliphatic heterocycles. The fraction of sp³-hybridized carbons (Fsp3) is 0.615. The Morgan fingerprint density at radius 2 is 2.26 bits per heavy atom. The second-order valence-corrected chi connectivity index (χ2v) is 5.21. The van der Waals surface area contributed by atoms with E-state index in [1.165, 1.54) is 18.6 Å². The second-order valence-electron chi connectivity index (χ2n) is 5.21. The number of hydrogen-bond acceptors (Lipinski definition) is 5. The van der Waals surface area contributed by atoms with E-state index in [-0.39, 0.29) is 10.6 Å². The minimum Gasteiger partial charge on any atom is -0.370 e. The van der Waals surface area contributed by atoms with E-state index in [0.29, 0.717) is 24.1 Å². The van der Waals surface area contributed by atoms with Crippen LogP contribution in [0, 0.1) is 22.0 Å². The van der Waals surface area contributed by atoms with Crippen LogP contribution in [-0.4, -0.2) is 30.0 Å². The highest BCUT2D eigenvalue weighted by Gasteiger charge is 2.33. The molecule has 0 aromatic carbocycles. The Labute approximate surface area is 113 Å². The van der Waals surface area contributed by atoms with Gasteiger partial charge in [0.15, 0.2) is 0 Å². The number of nitrogens with zero attached hydrogens (tertiary/aromatic N) is 3.